The summed E-state index contributed by atoms with van der Waals surface area (Å²) in [5.74, 6) is 1.55. The van der Waals surface area contributed by atoms with Gasteiger partial charge in [0.25, 0.3) is 0 Å². The molecule has 0 radical (unpaired) electrons. The first-order valence-corrected chi connectivity index (χ1v) is 8.07. The quantitative estimate of drug-likeness (QED) is 0.828. The number of rotatable bonds is 6. The molecule has 2 aromatic rings. The smallest absolute Gasteiger partial charge is 0.119 e. The molecule has 0 spiro atoms. The zero-order chi connectivity index (χ0) is 15.7. The monoisotopic (exact) mass is 299 g/mol. The molecule has 1 aromatic heterocycles. The number of aromatic amines is 1. The maximum absolute atomic E-state index is 5.97. The lowest BCUT2D eigenvalue weighted by Crippen LogP contribution is -2.23. The summed E-state index contributed by atoms with van der Waals surface area (Å²) < 4.78 is 11.3. The molecule has 118 valence electrons. The Morgan fingerprint density at radius 3 is 2.68 bits per heavy atom. The van der Waals surface area contributed by atoms with Crippen LogP contribution in [0.2, 0.25) is 0 Å². The molecule has 1 aliphatic carbocycles. The highest BCUT2D eigenvalue weighted by Crippen LogP contribution is 2.49. The van der Waals surface area contributed by atoms with E-state index in [9.17, 15) is 0 Å². The number of ether oxygens (including phenoxy) is 2. The van der Waals surface area contributed by atoms with Gasteiger partial charge in [-0.15, -0.1) is 0 Å². The van der Waals surface area contributed by atoms with Gasteiger partial charge in [0.05, 0.1) is 12.8 Å². The number of benzene rings is 1. The number of H-pyrrole nitrogens is 1. The summed E-state index contributed by atoms with van der Waals surface area (Å²) >= 11 is 0. The topological polar surface area (TPSA) is 34.2 Å². The van der Waals surface area contributed by atoms with Crippen LogP contribution in [0, 0.1) is 0 Å². The van der Waals surface area contributed by atoms with Crippen molar-refractivity contribution in [3.8, 4) is 16.9 Å². The lowest BCUT2D eigenvalue weighted by molar-refractivity contribution is -0.0175. The minimum atomic E-state index is -0.288. The molecule has 0 unspecified atom stereocenters. The maximum atomic E-state index is 5.97. The Morgan fingerprint density at radius 1 is 1.27 bits per heavy atom. The van der Waals surface area contributed by atoms with Crippen molar-refractivity contribution in [1.29, 1.82) is 0 Å². The summed E-state index contributed by atoms with van der Waals surface area (Å²) in [7, 11) is 1.71. The van der Waals surface area contributed by atoms with E-state index in [1.165, 1.54) is 35.2 Å². The first-order chi connectivity index (χ1) is 10.6. The third-order valence-corrected chi connectivity index (χ3v) is 4.39. The molecule has 0 bridgehead atoms. The van der Waals surface area contributed by atoms with Gasteiger partial charge in [-0.2, -0.15) is 0 Å². The van der Waals surface area contributed by atoms with E-state index in [4.69, 9.17) is 9.47 Å². The Bertz CT molecular complexity index is 653. The summed E-state index contributed by atoms with van der Waals surface area (Å²) in [6, 6.07) is 8.28. The summed E-state index contributed by atoms with van der Waals surface area (Å²) in [6.45, 7) is 7.04. The van der Waals surface area contributed by atoms with Gasteiger partial charge in [0.1, 0.15) is 11.4 Å². The van der Waals surface area contributed by atoms with Gasteiger partial charge in [-0.3, -0.25) is 0 Å². The van der Waals surface area contributed by atoms with Gasteiger partial charge < -0.3 is 14.5 Å². The Balaban J connectivity index is 2.07. The lowest BCUT2D eigenvalue weighted by atomic mass is 9.93. The van der Waals surface area contributed by atoms with Crippen molar-refractivity contribution < 1.29 is 9.47 Å². The zero-order valence-electron chi connectivity index (χ0n) is 13.9. The van der Waals surface area contributed by atoms with Crippen LogP contribution >= 0.6 is 0 Å². The van der Waals surface area contributed by atoms with Crippen molar-refractivity contribution in [2.75, 3.05) is 13.7 Å². The van der Waals surface area contributed by atoms with Gasteiger partial charge in [-0.25, -0.2) is 0 Å². The van der Waals surface area contributed by atoms with Gasteiger partial charge >= 0.3 is 0 Å². The summed E-state index contributed by atoms with van der Waals surface area (Å²) in [4.78, 5) is 3.49. The second-order valence-corrected chi connectivity index (χ2v) is 6.44. The molecule has 3 heteroatoms. The van der Waals surface area contributed by atoms with Crippen molar-refractivity contribution in [3.63, 3.8) is 0 Å². The second kappa shape index (κ2) is 5.81. The van der Waals surface area contributed by atoms with E-state index in [-0.39, 0.29) is 5.60 Å². The molecule has 1 saturated carbocycles. The summed E-state index contributed by atoms with van der Waals surface area (Å²) in [6.07, 6.45) is 4.66. The summed E-state index contributed by atoms with van der Waals surface area (Å²) in [5.41, 5.74) is 4.84. The lowest BCUT2D eigenvalue weighted by Gasteiger charge is -2.25. The minimum absolute atomic E-state index is 0.288. The number of hydrogen-bond donors (Lipinski definition) is 1. The van der Waals surface area contributed by atoms with E-state index in [1.807, 2.05) is 19.1 Å². The van der Waals surface area contributed by atoms with E-state index in [0.29, 0.717) is 12.5 Å². The molecule has 0 aliphatic heterocycles. The van der Waals surface area contributed by atoms with Crippen LogP contribution in [0.1, 0.15) is 50.8 Å². The van der Waals surface area contributed by atoms with Crippen LogP contribution in [-0.2, 0) is 10.3 Å². The molecule has 1 aliphatic rings. The van der Waals surface area contributed by atoms with Crippen LogP contribution in [0.25, 0.3) is 11.1 Å². The molecule has 1 fully saturated rings. The van der Waals surface area contributed by atoms with E-state index in [1.54, 1.807) is 7.11 Å². The van der Waals surface area contributed by atoms with E-state index < -0.39 is 0 Å². The highest BCUT2D eigenvalue weighted by Gasteiger charge is 2.35. The Labute approximate surface area is 132 Å². The van der Waals surface area contributed by atoms with Crippen molar-refractivity contribution in [2.24, 2.45) is 0 Å². The highest BCUT2D eigenvalue weighted by atomic mass is 16.5. The number of nitrogens with one attached hydrogen (secondary N) is 1. The minimum Gasteiger partial charge on any atom is -0.497 e. The molecule has 3 nitrogen and oxygen atoms in total. The van der Waals surface area contributed by atoms with Gasteiger partial charge in [-0.05, 0) is 62.8 Å². The van der Waals surface area contributed by atoms with E-state index >= 15 is 0 Å². The van der Waals surface area contributed by atoms with Crippen LogP contribution in [0.4, 0.5) is 0 Å². The molecule has 0 amide bonds. The maximum Gasteiger partial charge on any atom is 0.119 e. The van der Waals surface area contributed by atoms with Gasteiger partial charge in [0, 0.05) is 18.4 Å². The number of aromatic nitrogens is 1. The van der Waals surface area contributed by atoms with Crippen molar-refractivity contribution in [1.82, 2.24) is 4.98 Å². The Morgan fingerprint density at radius 2 is 2.05 bits per heavy atom. The SMILES string of the molecule is CCOC(C)(C)c1[nH]cc(-c2cccc(OC)c2)c1C1CC1. The van der Waals surface area contributed by atoms with Crippen LogP contribution in [0.15, 0.2) is 30.5 Å². The van der Waals surface area contributed by atoms with Crippen molar-refractivity contribution in [3.05, 3.63) is 41.7 Å². The third-order valence-electron chi connectivity index (χ3n) is 4.39. The average Bonchev–Trinajstić information content (AvgIpc) is 3.25. The Hall–Kier alpha value is -1.74. The molecule has 1 N–H and O–H groups in total. The largest absolute Gasteiger partial charge is 0.497 e. The fourth-order valence-electron chi connectivity index (χ4n) is 3.19. The molecular weight excluding hydrogens is 274 g/mol. The molecule has 22 heavy (non-hydrogen) atoms. The standard InChI is InChI=1S/C19H25NO2/c1-5-22-19(2,3)18-17(13-9-10-13)16(12-20-18)14-7-6-8-15(11-14)21-4/h6-8,11-13,20H,5,9-10H2,1-4H3. The van der Waals surface area contributed by atoms with Crippen LogP contribution in [0.5, 0.6) is 5.75 Å². The fourth-order valence-corrected chi connectivity index (χ4v) is 3.19. The van der Waals surface area contributed by atoms with Crippen LogP contribution < -0.4 is 4.74 Å². The van der Waals surface area contributed by atoms with Crippen molar-refractivity contribution >= 4 is 0 Å². The zero-order valence-corrected chi connectivity index (χ0v) is 13.9. The second-order valence-electron chi connectivity index (χ2n) is 6.44. The third kappa shape index (κ3) is 2.78. The normalized spacial score (nSPS) is 15.1. The molecular formula is C19H25NO2. The fraction of sp³-hybridized carbons (Fsp3) is 0.474. The van der Waals surface area contributed by atoms with Gasteiger partial charge in [0.15, 0.2) is 0 Å². The summed E-state index contributed by atoms with van der Waals surface area (Å²) in [5, 5.41) is 0. The molecule has 1 heterocycles. The van der Waals surface area contributed by atoms with Crippen LogP contribution in [0.3, 0.4) is 0 Å². The number of methoxy groups -OCH3 is 1. The first kappa shape index (κ1) is 15.2. The van der Waals surface area contributed by atoms with Gasteiger partial charge in [-0.1, -0.05) is 12.1 Å². The highest BCUT2D eigenvalue weighted by molar-refractivity contribution is 5.71. The molecule has 0 atom stereocenters. The van der Waals surface area contributed by atoms with Crippen LogP contribution in [-0.4, -0.2) is 18.7 Å². The first-order valence-electron chi connectivity index (χ1n) is 8.07. The van der Waals surface area contributed by atoms with Crippen molar-refractivity contribution in [2.45, 2.75) is 45.1 Å². The molecule has 3 rings (SSSR count). The van der Waals surface area contributed by atoms with E-state index in [2.05, 4.69) is 37.2 Å². The predicted molar refractivity (Wildman–Crippen MR) is 89.4 cm³/mol. The molecule has 0 saturated heterocycles. The average molecular weight is 299 g/mol. The number of hydrogen-bond acceptors (Lipinski definition) is 2. The van der Waals surface area contributed by atoms with E-state index in [0.717, 1.165) is 5.75 Å². The Kier molecular flexibility index (Phi) is 4.00. The van der Waals surface area contributed by atoms with Gasteiger partial charge in [0.2, 0.25) is 0 Å². The molecule has 1 aromatic carbocycles. The predicted octanol–water partition coefficient (Wildman–Crippen LogP) is 4.84.